The topological polar surface area (TPSA) is 131 Å². The first-order valence-electron chi connectivity index (χ1n) is 11.0. The van der Waals surface area contributed by atoms with Crippen LogP contribution in [0.3, 0.4) is 0 Å². The fourth-order valence-electron chi connectivity index (χ4n) is 2.73. The van der Waals surface area contributed by atoms with Gasteiger partial charge >= 0.3 is 23.9 Å². The lowest BCUT2D eigenvalue weighted by Crippen LogP contribution is -2.51. The van der Waals surface area contributed by atoms with Crippen molar-refractivity contribution in [2.75, 3.05) is 13.7 Å². The molecule has 0 heterocycles. The van der Waals surface area contributed by atoms with E-state index in [1.165, 1.54) is 19.2 Å². The van der Waals surface area contributed by atoms with Crippen molar-refractivity contribution in [3.63, 3.8) is 0 Å². The summed E-state index contributed by atoms with van der Waals surface area (Å²) in [6, 6.07) is 4.59. The number of esters is 4. The molecule has 184 valence electrons. The van der Waals surface area contributed by atoms with E-state index in [9.17, 15) is 19.2 Å². The molecule has 0 spiro atoms. The molecule has 0 aromatic heterocycles. The molecule has 1 rings (SSSR count). The molecule has 9 heteroatoms. The molecular formula is C24H35NO8. The second-order valence-electron chi connectivity index (χ2n) is 8.48. The highest BCUT2D eigenvalue weighted by Gasteiger charge is 2.36. The van der Waals surface area contributed by atoms with Crippen molar-refractivity contribution in [2.45, 2.75) is 65.8 Å². The minimum absolute atomic E-state index is 0.00956. The van der Waals surface area contributed by atoms with Crippen LogP contribution >= 0.6 is 0 Å². The molecule has 1 atom stereocenters. The lowest BCUT2D eigenvalue weighted by Gasteiger charge is -2.27. The normalized spacial score (nSPS) is 12.8. The molecule has 0 unspecified atom stereocenters. The molecule has 33 heavy (non-hydrogen) atoms. The number of nitrogens with two attached hydrogens (primary N) is 1. The number of hydrogen-bond acceptors (Lipinski definition) is 9. The highest BCUT2D eigenvalue weighted by atomic mass is 16.6. The van der Waals surface area contributed by atoms with Gasteiger partial charge in [-0.25, -0.2) is 0 Å². The summed E-state index contributed by atoms with van der Waals surface area (Å²) in [5.41, 5.74) is 5.39. The van der Waals surface area contributed by atoms with Crippen molar-refractivity contribution in [1.29, 1.82) is 0 Å². The first-order valence-corrected chi connectivity index (χ1v) is 11.0. The SMILES string of the molecule is CCCC(=O)OCC[C@@](N)(Cc1ccc(OC(=O)C(C)C)c(OC(=O)C(C)C)c1)C(=O)OC. The van der Waals surface area contributed by atoms with Gasteiger partial charge in [-0.3, -0.25) is 19.2 Å². The molecule has 0 saturated heterocycles. The molecule has 2 N–H and O–H groups in total. The van der Waals surface area contributed by atoms with Crippen LogP contribution in [0, 0.1) is 11.8 Å². The van der Waals surface area contributed by atoms with Crippen LogP contribution in [-0.4, -0.2) is 43.1 Å². The van der Waals surface area contributed by atoms with Crippen molar-refractivity contribution < 1.29 is 38.1 Å². The fraction of sp³-hybridized carbons (Fsp3) is 0.583. The summed E-state index contributed by atoms with van der Waals surface area (Å²) in [6.45, 7) is 8.52. The summed E-state index contributed by atoms with van der Waals surface area (Å²) in [7, 11) is 1.22. The predicted molar refractivity (Wildman–Crippen MR) is 121 cm³/mol. The molecule has 0 radical (unpaired) electrons. The first kappa shape index (κ1) is 28.1. The second-order valence-corrected chi connectivity index (χ2v) is 8.48. The number of ether oxygens (including phenoxy) is 4. The van der Waals surface area contributed by atoms with Crippen molar-refractivity contribution in [3.05, 3.63) is 23.8 Å². The predicted octanol–water partition coefficient (Wildman–Crippen LogP) is 2.96. The van der Waals surface area contributed by atoms with E-state index in [-0.39, 0.29) is 49.3 Å². The number of benzene rings is 1. The van der Waals surface area contributed by atoms with Gasteiger partial charge in [-0.2, -0.15) is 0 Å². The third-order valence-corrected chi connectivity index (χ3v) is 4.75. The maximum Gasteiger partial charge on any atom is 0.326 e. The molecule has 0 bridgehead atoms. The van der Waals surface area contributed by atoms with E-state index in [1.54, 1.807) is 33.8 Å². The monoisotopic (exact) mass is 465 g/mol. The van der Waals surface area contributed by atoms with Crippen LogP contribution in [0.1, 0.15) is 59.4 Å². The summed E-state index contributed by atoms with van der Waals surface area (Å²) in [5.74, 6) is -2.71. The number of rotatable bonds is 12. The van der Waals surface area contributed by atoms with Gasteiger partial charge in [-0.15, -0.1) is 0 Å². The molecule has 0 saturated carbocycles. The quantitative estimate of drug-likeness (QED) is 0.365. The van der Waals surface area contributed by atoms with E-state index in [0.717, 1.165) is 0 Å². The minimum atomic E-state index is -1.49. The average molecular weight is 466 g/mol. The summed E-state index contributed by atoms with van der Waals surface area (Å²) in [5, 5.41) is 0. The van der Waals surface area contributed by atoms with Crippen LogP contribution in [0.25, 0.3) is 0 Å². The Hall–Kier alpha value is -2.94. The molecule has 0 fully saturated rings. The van der Waals surface area contributed by atoms with Gasteiger partial charge in [-0.05, 0) is 24.1 Å². The second kappa shape index (κ2) is 12.9. The fourth-order valence-corrected chi connectivity index (χ4v) is 2.73. The molecule has 0 amide bonds. The van der Waals surface area contributed by atoms with E-state index in [0.29, 0.717) is 12.0 Å². The number of carbonyl (C=O) groups is 4. The van der Waals surface area contributed by atoms with Crippen molar-refractivity contribution in [2.24, 2.45) is 17.6 Å². The highest BCUT2D eigenvalue weighted by Crippen LogP contribution is 2.31. The highest BCUT2D eigenvalue weighted by molar-refractivity contribution is 5.81. The summed E-state index contributed by atoms with van der Waals surface area (Å²) < 4.78 is 20.8. The molecule has 0 aliphatic carbocycles. The number of hydrogen-bond donors (Lipinski definition) is 1. The van der Waals surface area contributed by atoms with Gasteiger partial charge in [0.25, 0.3) is 0 Å². The maximum atomic E-state index is 12.4. The lowest BCUT2D eigenvalue weighted by molar-refractivity contribution is -0.151. The molecule has 0 aliphatic heterocycles. The van der Waals surface area contributed by atoms with E-state index >= 15 is 0 Å². The summed E-state index contributed by atoms with van der Waals surface area (Å²) >= 11 is 0. The average Bonchev–Trinajstić information content (AvgIpc) is 2.74. The van der Waals surface area contributed by atoms with Crippen LogP contribution in [0.5, 0.6) is 11.5 Å². The Kier molecular flexibility index (Phi) is 11.0. The number of carbonyl (C=O) groups excluding carboxylic acids is 4. The largest absolute Gasteiger partial charge is 0.468 e. The van der Waals surface area contributed by atoms with E-state index < -0.39 is 29.4 Å². The van der Waals surface area contributed by atoms with Gasteiger partial charge in [0.2, 0.25) is 0 Å². The standard InChI is InChI=1S/C24H35NO8/c1-7-8-20(26)31-12-11-24(25,23(29)30-6)14-17-9-10-18(32-21(27)15(2)3)19(13-17)33-22(28)16(4)5/h9-10,13,15-16H,7-8,11-12,14,25H2,1-6H3/t24-/m1/s1. The first-order chi connectivity index (χ1) is 15.4. The van der Waals surface area contributed by atoms with Crippen LogP contribution in [0.4, 0.5) is 0 Å². The van der Waals surface area contributed by atoms with E-state index in [1.807, 2.05) is 6.92 Å². The van der Waals surface area contributed by atoms with Gasteiger partial charge < -0.3 is 24.7 Å². The summed E-state index contributed by atoms with van der Waals surface area (Å²) in [6.07, 6.45) is 0.960. The van der Waals surface area contributed by atoms with E-state index in [4.69, 9.17) is 24.7 Å². The Balaban J connectivity index is 3.18. The number of methoxy groups -OCH3 is 1. The van der Waals surface area contributed by atoms with Crippen LogP contribution < -0.4 is 15.2 Å². The molecule has 1 aromatic carbocycles. The van der Waals surface area contributed by atoms with Crippen molar-refractivity contribution in [1.82, 2.24) is 0 Å². The lowest BCUT2D eigenvalue weighted by atomic mass is 9.88. The zero-order chi connectivity index (χ0) is 25.2. The molecular weight excluding hydrogens is 430 g/mol. The Morgan fingerprint density at radius 3 is 2.06 bits per heavy atom. The smallest absolute Gasteiger partial charge is 0.326 e. The summed E-state index contributed by atoms with van der Waals surface area (Å²) in [4.78, 5) is 48.3. The Bertz CT molecular complexity index is 849. The molecule has 0 aliphatic rings. The van der Waals surface area contributed by atoms with Crippen molar-refractivity contribution >= 4 is 23.9 Å². The Labute approximate surface area is 194 Å². The van der Waals surface area contributed by atoms with Crippen molar-refractivity contribution in [3.8, 4) is 11.5 Å². The third kappa shape index (κ3) is 8.84. The molecule has 1 aromatic rings. The zero-order valence-corrected chi connectivity index (χ0v) is 20.3. The molecule has 9 nitrogen and oxygen atoms in total. The van der Waals surface area contributed by atoms with Gasteiger partial charge in [0.05, 0.1) is 25.6 Å². The van der Waals surface area contributed by atoms with Gasteiger partial charge in [-0.1, -0.05) is 40.7 Å². The third-order valence-electron chi connectivity index (χ3n) is 4.75. The van der Waals surface area contributed by atoms with Gasteiger partial charge in [0.1, 0.15) is 5.54 Å². The Morgan fingerprint density at radius 2 is 1.55 bits per heavy atom. The minimum Gasteiger partial charge on any atom is -0.468 e. The zero-order valence-electron chi connectivity index (χ0n) is 20.3. The van der Waals surface area contributed by atoms with E-state index in [2.05, 4.69) is 0 Å². The van der Waals surface area contributed by atoms with Crippen LogP contribution in [0.15, 0.2) is 18.2 Å². The Morgan fingerprint density at radius 1 is 0.970 bits per heavy atom. The van der Waals surface area contributed by atoms with Crippen LogP contribution in [0.2, 0.25) is 0 Å². The van der Waals surface area contributed by atoms with Crippen LogP contribution in [-0.2, 0) is 35.1 Å². The van der Waals surface area contributed by atoms with Gasteiger partial charge in [0, 0.05) is 19.3 Å². The maximum absolute atomic E-state index is 12.4. The van der Waals surface area contributed by atoms with Gasteiger partial charge in [0.15, 0.2) is 11.5 Å².